The van der Waals surface area contributed by atoms with Crippen LogP contribution < -0.4 is 10.6 Å². The van der Waals surface area contributed by atoms with Crippen molar-refractivity contribution in [1.29, 1.82) is 0 Å². The second kappa shape index (κ2) is 17.0. The standard InChI is InChI=1S/C22H39N3O2.HI/c1-5-23-22(25-17-20(12-14-26)16-18(2)3)24-13-9-15-27-19(4)21-10-7-6-8-11-21;/h6-8,10-11,18-20,26H,5,9,12-17H2,1-4H3,(H2,23,24,25);1H. The van der Waals surface area contributed by atoms with Gasteiger partial charge in [0.2, 0.25) is 0 Å². The van der Waals surface area contributed by atoms with E-state index in [4.69, 9.17) is 9.73 Å². The number of guanidine groups is 1. The van der Waals surface area contributed by atoms with Crippen molar-refractivity contribution in [3.05, 3.63) is 35.9 Å². The Labute approximate surface area is 188 Å². The van der Waals surface area contributed by atoms with Crippen molar-refractivity contribution in [2.45, 2.75) is 53.1 Å². The van der Waals surface area contributed by atoms with Crippen LogP contribution in [-0.2, 0) is 4.74 Å². The van der Waals surface area contributed by atoms with Gasteiger partial charge in [-0.05, 0) is 50.5 Å². The summed E-state index contributed by atoms with van der Waals surface area (Å²) in [6.45, 7) is 11.9. The van der Waals surface area contributed by atoms with Crippen LogP contribution in [0.25, 0.3) is 0 Å². The summed E-state index contributed by atoms with van der Waals surface area (Å²) in [4.78, 5) is 4.71. The number of nitrogens with one attached hydrogen (secondary N) is 2. The largest absolute Gasteiger partial charge is 0.396 e. The van der Waals surface area contributed by atoms with E-state index in [0.29, 0.717) is 18.4 Å². The summed E-state index contributed by atoms with van der Waals surface area (Å²) in [6.07, 6.45) is 2.94. The first kappa shape index (κ1) is 27.1. The Morgan fingerprint density at radius 2 is 1.86 bits per heavy atom. The van der Waals surface area contributed by atoms with Gasteiger partial charge in [0.15, 0.2) is 5.96 Å². The van der Waals surface area contributed by atoms with Crippen LogP contribution in [0.2, 0.25) is 0 Å². The highest BCUT2D eigenvalue weighted by molar-refractivity contribution is 14.0. The molecule has 28 heavy (non-hydrogen) atoms. The number of halogens is 1. The summed E-state index contributed by atoms with van der Waals surface area (Å²) in [7, 11) is 0. The summed E-state index contributed by atoms with van der Waals surface area (Å²) in [5, 5.41) is 15.9. The molecule has 1 aromatic rings. The smallest absolute Gasteiger partial charge is 0.191 e. The molecule has 2 unspecified atom stereocenters. The second-order valence-corrected chi connectivity index (χ2v) is 7.43. The SMILES string of the molecule is CCNC(=NCC(CCO)CC(C)C)NCCCOC(C)c1ccccc1.I. The molecule has 2 atom stereocenters. The molecular formula is C22H40IN3O2. The van der Waals surface area contributed by atoms with Gasteiger partial charge in [0.05, 0.1) is 6.10 Å². The van der Waals surface area contributed by atoms with Gasteiger partial charge in [0, 0.05) is 32.8 Å². The van der Waals surface area contributed by atoms with E-state index in [1.165, 1.54) is 5.56 Å². The third-order valence-electron chi connectivity index (χ3n) is 4.44. The van der Waals surface area contributed by atoms with Crippen molar-refractivity contribution in [1.82, 2.24) is 10.6 Å². The van der Waals surface area contributed by atoms with Crippen LogP contribution in [0, 0.1) is 11.8 Å². The highest BCUT2D eigenvalue weighted by Gasteiger charge is 2.10. The van der Waals surface area contributed by atoms with Gasteiger partial charge in [-0.3, -0.25) is 4.99 Å². The predicted octanol–water partition coefficient (Wildman–Crippen LogP) is 4.37. The minimum Gasteiger partial charge on any atom is -0.396 e. The van der Waals surface area contributed by atoms with Crippen molar-refractivity contribution in [2.75, 3.05) is 32.8 Å². The van der Waals surface area contributed by atoms with E-state index in [1.54, 1.807) is 0 Å². The summed E-state index contributed by atoms with van der Waals surface area (Å²) in [6, 6.07) is 10.3. The van der Waals surface area contributed by atoms with Crippen LogP contribution in [0.1, 0.15) is 58.6 Å². The van der Waals surface area contributed by atoms with Crippen molar-refractivity contribution in [2.24, 2.45) is 16.8 Å². The quantitative estimate of drug-likeness (QED) is 0.161. The number of ether oxygens (including phenoxy) is 1. The fourth-order valence-corrected chi connectivity index (χ4v) is 3.05. The molecule has 3 N–H and O–H groups in total. The number of aliphatic hydroxyl groups is 1. The lowest BCUT2D eigenvalue weighted by Gasteiger charge is -2.18. The Bertz CT molecular complexity index is 512. The average Bonchev–Trinajstić information content (AvgIpc) is 2.65. The third-order valence-corrected chi connectivity index (χ3v) is 4.44. The zero-order valence-electron chi connectivity index (χ0n) is 18.0. The minimum atomic E-state index is 0. The van der Waals surface area contributed by atoms with E-state index in [-0.39, 0.29) is 36.7 Å². The molecule has 0 aromatic heterocycles. The average molecular weight is 505 g/mol. The van der Waals surface area contributed by atoms with Crippen molar-refractivity contribution in [3.8, 4) is 0 Å². The monoisotopic (exact) mass is 505 g/mol. The van der Waals surface area contributed by atoms with Crippen LogP contribution in [0.4, 0.5) is 0 Å². The van der Waals surface area contributed by atoms with Gasteiger partial charge in [0.1, 0.15) is 0 Å². The molecule has 0 aliphatic carbocycles. The van der Waals surface area contributed by atoms with E-state index >= 15 is 0 Å². The molecule has 0 saturated heterocycles. The molecule has 0 bridgehead atoms. The van der Waals surface area contributed by atoms with Gasteiger partial charge in [-0.15, -0.1) is 24.0 Å². The molecule has 1 rings (SSSR count). The zero-order chi connectivity index (χ0) is 19.9. The van der Waals surface area contributed by atoms with Crippen LogP contribution in [-0.4, -0.2) is 43.9 Å². The zero-order valence-corrected chi connectivity index (χ0v) is 20.3. The lowest BCUT2D eigenvalue weighted by atomic mass is 9.94. The maximum Gasteiger partial charge on any atom is 0.191 e. The number of hydrogen-bond donors (Lipinski definition) is 3. The first-order chi connectivity index (χ1) is 13.1. The van der Waals surface area contributed by atoms with Crippen LogP contribution in [0.3, 0.4) is 0 Å². The molecule has 0 spiro atoms. The number of aliphatic imine (C=N–C) groups is 1. The number of aliphatic hydroxyl groups excluding tert-OH is 1. The van der Waals surface area contributed by atoms with Crippen molar-refractivity contribution in [3.63, 3.8) is 0 Å². The predicted molar refractivity (Wildman–Crippen MR) is 129 cm³/mol. The summed E-state index contributed by atoms with van der Waals surface area (Å²) < 4.78 is 5.92. The van der Waals surface area contributed by atoms with Crippen LogP contribution >= 0.6 is 24.0 Å². The van der Waals surface area contributed by atoms with Crippen molar-refractivity contribution < 1.29 is 9.84 Å². The van der Waals surface area contributed by atoms with E-state index in [9.17, 15) is 5.11 Å². The Kier molecular flexibility index (Phi) is 16.5. The van der Waals surface area contributed by atoms with Gasteiger partial charge in [-0.2, -0.15) is 0 Å². The molecule has 162 valence electrons. The Morgan fingerprint density at radius 1 is 1.14 bits per heavy atom. The lowest BCUT2D eigenvalue weighted by Crippen LogP contribution is -2.38. The molecule has 0 radical (unpaired) electrons. The van der Waals surface area contributed by atoms with Crippen LogP contribution in [0.15, 0.2) is 35.3 Å². The fourth-order valence-electron chi connectivity index (χ4n) is 3.05. The molecule has 0 aliphatic heterocycles. The van der Waals surface area contributed by atoms with Gasteiger partial charge in [-0.1, -0.05) is 44.2 Å². The number of benzene rings is 1. The van der Waals surface area contributed by atoms with Gasteiger partial charge in [0.25, 0.3) is 0 Å². The van der Waals surface area contributed by atoms with E-state index < -0.39 is 0 Å². The normalized spacial score (nSPS) is 13.7. The topological polar surface area (TPSA) is 65.9 Å². The summed E-state index contributed by atoms with van der Waals surface area (Å²) >= 11 is 0. The van der Waals surface area contributed by atoms with Crippen LogP contribution in [0.5, 0.6) is 0 Å². The van der Waals surface area contributed by atoms with E-state index in [1.807, 2.05) is 18.2 Å². The van der Waals surface area contributed by atoms with Crippen molar-refractivity contribution >= 4 is 29.9 Å². The van der Waals surface area contributed by atoms with Gasteiger partial charge >= 0.3 is 0 Å². The van der Waals surface area contributed by atoms with E-state index in [0.717, 1.165) is 44.9 Å². The third kappa shape index (κ3) is 12.6. The number of hydrogen-bond acceptors (Lipinski definition) is 3. The minimum absolute atomic E-state index is 0. The van der Waals surface area contributed by atoms with Gasteiger partial charge < -0.3 is 20.5 Å². The molecule has 6 heteroatoms. The Morgan fingerprint density at radius 3 is 2.46 bits per heavy atom. The molecule has 0 heterocycles. The first-order valence-electron chi connectivity index (χ1n) is 10.4. The number of nitrogens with zero attached hydrogens (tertiary/aromatic N) is 1. The fraction of sp³-hybridized carbons (Fsp3) is 0.682. The maximum atomic E-state index is 9.25. The molecule has 0 fully saturated rings. The molecular weight excluding hydrogens is 465 g/mol. The summed E-state index contributed by atoms with van der Waals surface area (Å²) in [5.41, 5.74) is 1.21. The molecule has 0 saturated carbocycles. The Balaban J connectivity index is 0.00000729. The Hall–Kier alpha value is -0.860. The first-order valence-corrected chi connectivity index (χ1v) is 10.4. The molecule has 0 aliphatic rings. The molecule has 5 nitrogen and oxygen atoms in total. The highest BCUT2D eigenvalue weighted by atomic mass is 127. The second-order valence-electron chi connectivity index (χ2n) is 7.43. The lowest BCUT2D eigenvalue weighted by molar-refractivity contribution is 0.0646. The highest BCUT2D eigenvalue weighted by Crippen LogP contribution is 2.16. The maximum absolute atomic E-state index is 9.25. The summed E-state index contributed by atoms with van der Waals surface area (Å²) in [5.74, 6) is 1.90. The molecule has 0 amide bonds. The molecule has 1 aromatic carbocycles. The number of rotatable bonds is 13. The van der Waals surface area contributed by atoms with Gasteiger partial charge in [-0.25, -0.2) is 0 Å². The van der Waals surface area contributed by atoms with E-state index in [2.05, 4.69) is 50.5 Å².